The monoisotopic (exact) mass is 318 g/mol. The van der Waals surface area contributed by atoms with Crippen LogP contribution in [0.1, 0.15) is 0 Å². The van der Waals surface area contributed by atoms with Gasteiger partial charge in [0.2, 0.25) is 0 Å². The van der Waals surface area contributed by atoms with Crippen LogP contribution >= 0.6 is 0 Å². The number of hydrogen-bond donors (Lipinski definition) is 0. The Morgan fingerprint density at radius 3 is 2.54 bits per heavy atom. The molecular weight excluding hydrogens is 300 g/mol. The minimum Gasteiger partial charge on any atom is -0.497 e. The van der Waals surface area contributed by atoms with E-state index in [1.165, 1.54) is 12.3 Å². The maximum atomic E-state index is 8.95. The minimum atomic E-state index is 0.264. The molecule has 120 valence electrons. The second-order valence-electron chi connectivity index (χ2n) is 4.08. The lowest BCUT2D eigenvalue weighted by atomic mass is 10.4. The van der Waals surface area contributed by atoms with Crippen LogP contribution in [0.15, 0.2) is 100 Å². The van der Waals surface area contributed by atoms with Crippen molar-refractivity contribution < 1.29 is 4.74 Å². The van der Waals surface area contributed by atoms with Crippen molar-refractivity contribution in [3.8, 4) is 6.07 Å². The molecule has 0 aromatic rings. The van der Waals surface area contributed by atoms with Crippen LogP contribution < -0.4 is 0 Å². The van der Waals surface area contributed by atoms with E-state index < -0.39 is 0 Å². The summed E-state index contributed by atoms with van der Waals surface area (Å²) in [6.45, 7) is 0.470. The number of hydrogen-bond acceptors (Lipinski definition) is 5. The summed E-state index contributed by atoms with van der Waals surface area (Å²) in [6, 6.07) is 1.98. The minimum absolute atomic E-state index is 0.264. The van der Waals surface area contributed by atoms with E-state index in [1.807, 2.05) is 30.4 Å². The van der Waals surface area contributed by atoms with Crippen molar-refractivity contribution in [3.05, 3.63) is 85.1 Å². The van der Waals surface area contributed by atoms with Crippen molar-refractivity contribution in [2.45, 2.75) is 0 Å². The smallest absolute Gasteiger partial charge is 0.141 e. The van der Waals surface area contributed by atoms with Crippen molar-refractivity contribution in [1.82, 2.24) is 0 Å². The highest BCUT2D eigenvalue weighted by Gasteiger charge is 1.84. The van der Waals surface area contributed by atoms with Gasteiger partial charge in [-0.15, -0.1) is 0 Å². The Balaban J connectivity index is 2.76. The Hall–Kier alpha value is -3.52. The van der Waals surface area contributed by atoms with E-state index in [-0.39, 0.29) is 5.70 Å². The molecule has 0 atom stereocenters. The largest absolute Gasteiger partial charge is 0.497 e. The number of aliphatic imine (C=N–C) groups is 3. The van der Waals surface area contributed by atoms with E-state index in [0.29, 0.717) is 6.61 Å². The van der Waals surface area contributed by atoms with Gasteiger partial charge in [0.15, 0.2) is 0 Å². The van der Waals surface area contributed by atoms with Crippen LogP contribution in [0.5, 0.6) is 0 Å². The van der Waals surface area contributed by atoms with E-state index in [0.717, 1.165) is 0 Å². The fourth-order valence-corrected chi connectivity index (χ4v) is 1.27. The summed E-state index contributed by atoms with van der Waals surface area (Å²) in [6.07, 6.45) is 27.2. The summed E-state index contributed by atoms with van der Waals surface area (Å²) in [5.41, 5.74) is 0.264. The Morgan fingerprint density at radius 2 is 1.62 bits per heavy atom. The van der Waals surface area contributed by atoms with Gasteiger partial charge in [0, 0.05) is 31.0 Å². The molecule has 0 aliphatic carbocycles. The first kappa shape index (κ1) is 18.5. The third-order valence-corrected chi connectivity index (χ3v) is 2.31. The van der Waals surface area contributed by atoms with Crippen LogP contribution in [0.25, 0.3) is 0 Å². The molecular formula is C19H18N4O. The molecule has 24 heavy (non-hydrogen) atoms. The van der Waals surface area contributed by atoms with Crippen molar-refractivity contribution >= 4 is 18.6 Å². The molecule has 0 radical (unpaired) electrons. The molecule has 0 N–H and O–H groups in total. The Kier molecular flexibility index (Phi) is 11.1. The van der Waals surface area contributed by atoms with Crippen LogP contribution in [0.3, 0.4) is 0 Å². The van der Waals surface area contributed by atoms with Crippen LogP contribution in [-0.2, 0) is 4.74 Å². The predicted octanol–water partition coefficient (Wildman–Crippen LogP) is 3.85. The van der Waals surface area contributed by atoms with E-state index >= 15 is 0 Å². The third-order valence-electron chi connectivity index (χ3n) is 2.31. The van der Waals surface area contributed by atoms with Crippen LogP contribution in [0, 0.1) is 11.3 Å². The average molecular weight is 318 g/mol. The van der Waals surface area contributed by atoms with E-state index in [4.69, 9.17) is 10.00 Å². The molecule has 5 nitrogen and oxygen atoms in total. The lowest BCUT2D eigenvalue weighted by molar-refractivity contribution is 0.290. The lowest BCUT2D eigenvalue weighted by Crippen LogP contribution is -1.79. The van der Waals surface area contributed by atoms with Gasteiger partial charge in [-0.05, 0) is 36.5 Å². The van der Waals surface area contributed by atoms with Crippen molar-refractivity contribution in [2.75, 3.05) is 6.61 Å². The molecule has 1 rings (SSSR count). The predicted molar refractivity (Wildman–Crippen MR) is 100.0 cm³/mol. The summed E-state index contributed by atoms with van der Waals surface area (Å²) in [4.78, 5) is 12.0. The molecule has 0 amide bonds. The first-order valence-corrected chi connectivity index (χ1v) is 7.21. The SMILES string of the molecule is N#CC1=C/C=N\C=C/C=N\C=C/C=C\C=C/OC\C=C/C=C\C=N\1. The number of rotatable bonds is 0. The Bertz CT molecular complexity index is 693. The second kappa shape index (κ2) is 14.4. The highest BCUT2D eigenvalue weighted by molar-refractivity contribution is 5.78. The van der Waals surface area contributed by atoms with Gasteiger partial charge in [0.1, 0.15) is 18.4 Å². The Morgan fingerprint density at radius 1 is 0.833 bits per heavy atom. The van der Waals surface area contributed by atoms with Crippen molar-refractivity contribution in [3.63, 3.8) is 0 Å². The van der Waals surface area contributed by atoms with E-state index in [2.05, 4.69) is 15.0 Å². The van der Waals surface area contributed by atoms with Crippen molar-refractivity contribution in [2.24, 2.45) is 15.0 Å². The summed E-state index contributed by atoms with van der Waals surface area (Å²) in [7, 11) is 0. The first-order chi connectivity index (χ1) is 11.9. The van der Waals surface area contributed by atoms with Gasteiger partial charge in [-0.2, -0.15) is 5.26 Å². The lowest BCUT2D eigenvalue weighted by Gasteiger charge is -1.90. The van der Waals surface area contributed by atoms with Gasteiger partial charge in [-0.25, -0.2) is 4.99 Å². The molecule has 0 saturated heterocycles. The first-order valence-electron chi connectivity index (χ1n) is 7.21. The molecule has 0 spiro atoms. The summed E-state index contributed by atoms with van der Waals surface area (Å²) in [5.74, 6) is 0. The highest BCUT2D eigenvalue weighted by Crippen LogP contribution is 1.92. The molecule has 5 heteroatoms. The second-order valence-corrected chi connectivity index (χ2v) is 4.08. The van der Waals surface area contributed by atoms with Crippen LogP contribution in [0.4, 0.5) is 0 Å². The molecule has 0 unspecified atom stereocenters. The molecule has 0 aromatic heterocycles. The maximum absolute atomic E-state index is 8.95. The topological polar surface area (TPSA) is 70.1 Å². The molecule has 1 aliphatic rings. The summed E-state index contributed by atoms with van der Waals surface area (Å²) in [5, 5.41) is 8.95. The highest BCUT2D eigenvalue weighted by atomic mass is 16.5. The fraction of sp³-hybridized carbons (Fsp3) is 0.0526. The van der Waals surface area contributed by atoms with Gasteiger partial charge in [0.25, 0.3) is 0 Å². The van der Waals surface area contributed by atoms with Gasteiger partial charge in [-0.3, -0.25) is 9.98 Å². The molecule has 0 aromatic carbocycles. The molecule has 0 saturated carbocycles. The van der Waals surface area contributed by atoms with Crippen LogP contribution in [-0.4, -0.2) is 25.3 Å². The molecule has 0 fully saturated rings. The van der Waals surface area contributed by atoms with E-state index in [9.17, 15) is 0 Å². The summed E-state index contributed by atoms with van der Waals surface area (Å²) >= 11 is 0. The molecule has 1 heterocycles. The summed E-state index contributed by atoms with van der Waals surface area (Å²) < 4.78 is 5.26. The normalized spacial score (nSPS) is 30.2. The fourth-order valence-electron chi connectivity index (χ4n) is 1.27. The zero-order valence-corrected chi connectivity index (χ0v) is 13.1. The number of allylic oxidation sites excluding steroid dienone is 10. The maximum Gasteiger partial charge on any atom is 0.141 e. The zero-order valence-electron chi connectivity index (χ0n) is 13.1. The quantitative estimate of drug-likeness (QED) is 0.680. The van der Waals surface area contributed by atoms with Gasteiger partial charge in [-0.1, -0.05) is 24.3 Å². The average Bonchev–Trinajstić information content (AvgIpc) is 2.60. The van der Waals surface area contributed by atoms with E-state index in [1.54, 1.807) is 61.5 Å². The number of ether oxygens (including phenoxy) is 1. The number of nitrogens with zero attached hydrogens (tertiary/aromatic N) is 4. The van der Waals surface area contributed by atoms with Gasteiger partial charge in [0.05, 0.1) is 6.26 Å². The third kappa shape index (κ3) is 11.2. The van der Waals surface area contributed by atoms with Gasteiger partial charge < -0.3 is 4.74 Å². The number of nitriles is 1. The zero-order chi connectivity index (χ0) is 17.1. The Labute approximate surface area is 142 Å². The standard InChI is InChI=1S/C19H18N4O/c20-18-19-10-15-22-13-9-12-21-11-5-1-3-7-16-24-17-8-4-2-6-14-23-19/h1-16H,17H2/b3-1-,6-2-,8-4-,11-5-,13-9-,16-7-,19-10-,21-12-,22-15-,23-14+. The molecule has 0 bridgehead atoms. The molecule has 1 aliphatic heterocycles. The van der Waals surface area contributed by atoms with Crippen LogP contribution in [0.2, 0.25) is 0 Å². The van der Waals surface area contributed by atoms with Crippen molar-refractivity contribution in [1.29, 1.82) is 5.26 Å². The van der Waals surface area contributed by atoms with Gasteiger partial charge >= 0.3 is 0 Å².